The van der Waals surface area contributed by atoms with Gasteiger partial charge in [0, 0.05) is 24.2 Å². The molecule has 0 spiro atoms. The van der Waals surface area contributed by atoms with E-state index in [2.05, 4.69) is 12.2 Å². The molecular weight excluding hydrogens is 312 g/mol. The molecule has 1 amide bonds. The molecule has 0 bridgehead atoms. The first kappa shape index (κ1) is 17.9. The van der Waals surface area contributed by atoms with Gasteiger partial charge in [-0.15, -0.1) is 0 Å². The van der Waals surface area contributed by atoms with E-state index >= 15 is 0 Å². The number of ether oxygens (including phenoxy) is 1. The largest absolute Gasteiger partial charge is 0.462 e. The van der Waals surface area contributed by atoms with E-state index in [0.717, 1.165) is 25.7 Å². The lowest BCUT2D eigenvalue weighted by atomic mass is 9.98. The second-order valence-corrected chi connectivity index (χ2v) is 6.04. The number of anilines is 1. The van der Waals surface area contributed by atoms with Crippen molar-refractivity contribution < 1.29 is 19.2 Å². The predicted octanol–water partition coefficient (Wildman–Crippen LogP) is 3.44. The third kappa shape index (κ3) is 5.04. The van der Waals surface area contributed by atoms with Crippen molar-refractivity contribution in [2.75, 3.05) is 5.32 Å². The maximum absolute atomic E-state index is 12.0. The van der Waals surface area contributed by atoms with E-state index in [1.807, 2.05) is 0 Å². The lowest BCUT2D eigenvalue weighted by molar-refractivity contribution is -0.384. The van der Waals surface area contributed by atoms with Gasteiger partial charge < -0.3 is 10.1 Å². The van der Waals surface area contributed by atoms with E-state index in [1.165, 1.54) is 24.3 Å². The molecule has 0 saturated carbocycles. The predicted molar refractivity (Wildman–Crippen MR) is 88.5 cm³/mol. The number of amides is 1. The molecule has 0 aliphatic carbocycles. The fraction of sp³-hybridized carbons (Fsp3) is 0.529. The van der Waals surface area contributed by atoms with Crippen LogP contribution in [0.4, 0.5) is 11.4 Å². The number of nitrogens with zero attached hydrogens (tertiary/aromatic N) is 1. The molecule has 2 atom stereocenters. The van der Waals surface area contributed by atoms with Gasteiger partial charge in [0.2, 0.25) is 5.91 Å². The Morgan fingerprint density at radius 1 is 1.33 bits per heavy atom. The third-order valence-electron chi connectivity index (χ3n) is 4.09. The van der Waals surface area contributed by atoms with Crippen LogP contribution in [0, 0.1) is 16.0 Å². The number of cyclic esters (lactones) is 1. The lowest BCUT2D eigenvalue weighted by Crippen LogP contribution is -2.19. The van der Waals surface area contributed by atoms with E-state index in [1.54, 1.807) is 0 Å². The lowest BCUT2D eigenvalue weighted by Gasteiger charge is -2.08. The number of hydrogen-bond acceptors (Lipinski definition) is 5. The number of non-ortho nitro benzene ring substituents is 1. The molecule has 130 valence electrons. The van der Waals surface area contributed by atoms with Gasteiger partial charge in [-0.05, 0) is 31.4 Å². The topological polar surface area (TPSA) is 98.5 Å². The number of unbranched alkanes of at least 4 members (excludes halogenated alkanes) is 2. The van der Waals surface area contributed by atoms with Crippen LogP contribution in [-0.2, 0) is 14.3 Å². The highest BCUT2D eigenvalue weighted by Crippen LogP contribution is 2.28. The molecular formula is C17H22N2O5. The van der Waals surface area contributed by atoms with Gasteiger partial charge >= 0.3 is 5.97 Å². The molecule has 0 aromatic heterocycles. The zero-order valence-electron chi connectivity index (χ0n) is 13.7. The first-order chi connectivity index (χ1) is 11.5. The number of esters is 1. The Morgan fingerprint density at radius 2 is 2.04 bits per heavy atom. The van der Waals surface area contributed by atoms with Crippen molar-refractivity contribution in [2.45, 2.75) is 51.6 Å². The number of nitrogens with one attached hydrogen (secondary N) is 1. The quantitative estimate of drug-likeness (QED) is 0.340. The standard InChI is InChI=1S/C17H22N2O5/c1-2-3-4-5-15-10-12(17(21)24-15)11-16(20)18-13-6-8-14(9-7-13)19(22)23/h6-9,12,15H,2-5,10-11H2,1H3,(H,18,20)/t12-,15+/m0/s1. The van der Waals surface area contributed by atoms with E-state index in [9.17, 15) is 19.7 Å². The van der Waals surface area contributed by atoms with Crippen molar-refractivity contribution in [3.63, 3.8) is 0 Å². The highest BCUT2D eigenvalue weighted by atomic mass is 16.6. The molecule has 1 saturated heterocycles. The number of hydrogen-bond donors (Lipinski definition) is 1. The zero-order chi connectivity index (χ0) is 17.5. The second kappa shape index (κ2) is 8.42. The Balaban J connectivity index is 1.81. The summed E-state index contributed by atoms with van der Waals surface area (Å²) in [5.74, 6) is -1.01. The van der Waals surface area contributed by atoms with E-state index < -0.39 is 10.8 Å². The summed E-state index contributed by atoms with van der Waals surface area (Å²) in [6.07, 6.45) is 4.66. The third-order valence-corrected chi connectivity index (χ3v) is 4.09. The van der Waals surface area contributed by atoms with Gasteiger partial charge in [-0.3, -0.25) is 19.7 Å². The summed E-state index contributed by atoms with van der Waals surface area (Å²) in [6, 6.07) is 5.58. The average Bonchev–Trinajstić information content (AvgIpc) is 2.88. The molecule has 1 fully saturated rings. The number of rotatable bonds is 8. The van der Waals surface area contributed by atoms with Crippen LogP contribution in [0.15, 0.2) is 24.3 Å². The summed E-state index contributed by atoms with van der Waals surface area (Å²) < 4.78 is 5.32. The van der Waals surface area contributed by atoms with Crippen LogP contribution in [-0.4, -0.2) is 22.9 Å². The van der Waals surface area contributed by atoms with Crippen molar-refractivity contribution in [1.82, 2.24) is 0 Å². The molecule has 1 aliphatic rings. The van der Waals surface area contributed by atoms with Crippen LogP contribution < -0.4 is 5.32 Å². The van der Waals surface area contributed by atoms with Gasteiger partial charge in [-0.25, -0.2) is 0 Å². The van der Waals surface area contributed by atoms with Crippen molar-refractivity contribution in [3.8, 4) is 0 Å². The first-order valence-corrected chi connectivity index (χ1v) is 8.24. The smallest absolute Gasteiger partial charge is 0.309 e. The normalized spacial score (nSPS) is 19.8. The number of carbonyl (C=O) groups is 2. The van der Waals surface area contributed by atoms with Crippen molar-refractivity contribution in [2.24, 2.45) is 5.92 Å². The Morgan fingerprint density at radius 3 is 2.67 bits per heavy atom. The summed E-state index contributed by atoms with van der Waals surface area (Å²) >= 11 is 0. The highest BCUT2D eigenvalue weighted by Gasteiger charge is 2.35. The zero-order valence-corrected chi connectivity index (χ0v) is 13.7. The number of carbonyl (C=O) groups excluding carboxylic acids is 2. The van der Waals surface area contributed by atoms with Crippen LogP contribution in [0.25, 0.3) is 0 Å². The van der Waals surface area contributed by atoms with Gasteiger partial charge in [-0.1, -0.05) is 19.8 Å². The molecule has 2 rings (SSSR count). The van der Waals surface area contributed by atoms with Gasteiger partial charge in [0.05, 0.1) is 10.8 Å². The fourth-order valence-electron chi connectivity index (χ4n) is 2.79. The summed E-state index contributed by atoms with van der Waals surface area (Å²) in [6.45, 7) is 2.12. The summed E-state index contributed by atoms with van der Waals surface area (Å²) in [4.78, 5) is 34.0. The average molecular weight is 334 g/mol. The Kier molecular flexibility index (Phi) is 6.28. The van der Waals surface area contributed by atoms with Gasteiger partial charge in [-0.2, -0.15) is 0 Å². The molecule has 1 aliphatic heterocycles. The Bertz CT molecular complexity index is 600. The number of nitro groups is 1. The molecule has 0 unspecified atom stereocenters. The monoisotopic (exact) mass is 334 g/mol. The maximum atomic E-state index is 12.0. The minimum atomic E-state index is -0.501. The van der Waals surface area contributed by atoms with Crippen LogP contribution >= 0.6 is 0 Å². The molecule has 1 aromatic carbocycles. The highest BCUT2D eigenvalue weighted by molar-refractivity contribution is 5.93. The fourth-order valence-corrected chi connectivity index (χ4v) is 2.79. The van der Waals surface area contributed by atoms with E-state index in [4.69, 9.17) is 4.74 Å². The Labute approximate surface area is 140 Å². The van der Waals surface area contributed by atoms with Crippen LogP contribution in [0.2, 0.25) is 0 Å². The Hall–Kier alpha value is -2.44. The molecule has 1 aromatic rings. The minimum absolute atomic E-state index is 0.0395. The maximum Gasteiger partial charge on any atom is 0.309 e. The van der Waals surface area contributed by atoms with Crippen molar-refractivity contribution >= 4 is 23.3 Å². The van der Waals surface area contributed by atoms with Crippen LogP contribution in [0.5, 0.6) is 0 Å². The van der Waals surface area contributed by atoms with Crippen molar-refractivity contribution in [3.05, 3.63) is 34.4 Å². The molecule has 7 nitrogen and oxygen atoms in total. The number of nitro benzene ring substituents is 1. The molecule has 7 heteroatoms. The second-order valence-electron chi connectivity index (χ2n) is 6.04. The molecule has 24 heavy (non-hydrogen) atoms. The molecule has 1 N–H and O–H groups in total. The molecule has 0 radical (unpaired) electrons. The van der Waals surface area contributed by atoms with Crippen LogP contribution in [0.3, 0.4) is 0 Å². The first-order valence-electron chi connectivity index (χ1n) is 8.24. The minimum Gasteiger partial charge on any atom is -0.462 e. The van der Waals surface area contributed by atoms with E-state index in [-0.39, 0.29) is 30.1 Å². The van der Waals surface area contributed by atoms with Gasteiger partial charge in [0.15, 0.2) is 0 Å². The number of benzene rings is 1. The van der Waals surface area contributed by atoms with Crippen LogP contribution in [0.1, 0.15) is 45.4 Å². The SMILES string of the molecule is CCCCC[C@@H]1C[C@@H](CC(=O)Nc2ccc([N+](=O)[O-])cc2)C(=O)O1. The summed E-state index contributed by atoms with van der Waals surface area (Å²) in [7, 11) is 0. The molecule has 1 heterocycles. The van der Waals surface area contributed by atoms with E-state index in [0.29, 0.717) is 12.1 Å². The van der Waals surface area contributed by atoms with Gasteiger partial charge in [0.1, 0.15) is 6.10 Å². The summed E-state index contributed by atoms with van der Waals surface area (Å²) in [5, 5.41) is 13.2. The van der Waals surface area contributed by atoms with Crippen molar-refractivity contribution in [1.29, 1.82) is 0 Å². The van der Waals surface area contributed by atoms with Gasteiger partial charge in [0.25, 0.3) is 5.69 Å². The summed E-state index contributed by atoms with van der Waals surface area (Å²) in [5.41, 5.74) is 0.429.